The molecular weight excluding hydrogens is 466 g/mol. The summed E-state index contributed by atoms with van der Waals surface area (Å²) in [5, 5.41) is 6.38. The van der Waals surface area contributed by atoms with E-state index in [1.54, 1.807) is 55.0 Å². The standard InChI is InChI=1S/C29H21N5O3/c1-34-17-19(26-22(11-13-31-28(26)34)18-6-3-2-4-7-18)14-25-27(35)23-15-20(9-10-24(23)37-25)32-29(36)33-21-8-5-12-30-16-21/h2-17H,1H3,(H2,32,33,36)/b25-14-. The van der Waals surface area contributed by atoms with Crippen LogP contribution in [0.25, 0.3) is 28.2 Å². The summed E-state index contributed by atoms with van der Waals surface area (Å²) in [6.45, 7) is 0. The monoisotopic (exact) mass is 487 g/mol. The number of carbonyl (C=O) groups excluding carboxylic acids is 2. The third kappa shape index (κ3) is 4.21. The van der Waals surface area contributed by atoms with E-state index >= 15 is 0 Å². The van der Waals surface area contributed by atoms with Gasteiger partial charge in [0.2, 0.25) is 5.78 Å². The van der Waals surface area contributed by atoms with E-state index in [0.29, 0.717) is 22.7 Å². The summed E-state index contributed by atoms with van der Waals surface area (Å²) >= 11 is 0. The largest absolute Gasteiger partial charge is 0.452 e. The van der Waals surface area contributed by atoms with Crippen molar-refractivity contribution >= 4 is 40.3 Å². The Bertz CT molecular complexity index is 1690. The number of allylic oxidation sites excluding steroid dienone is 1. The first-order chi connectivity index (χ1) is 18.1. The van der Waals surface area contributed by atoms with Crippen LogP contribution >= 0.6 is 0 Å². The molecule has 6 rings (SSSR count). The molecule has 1 aliphatic rings. The SMILES string of the molecule is Cn1cc(/C=C2\Oc3ccc(NC(=O)Nc4cccnc4)cc3C2=O)c2c(-c3ccccc3)ccnc21. The van der Waals surface area contributed by atoms with Crippen LogP contribution in [0.3, 0.4) is 0 Å². The molecule has 0 radical (unpaired) electrons. The number of hydrogen-bond donors (Lipinski definition) is 2. The van der Waals surface area contributed by atoms with Gasteiger partial charge in [-0.05, 0) is 53.6 Å². The van der Waals surface area contributed by atoms with E-state index in [-0.39, 0.29) is 11.5 Å². The van der Waals surface area contributed by atoms with Gasteiger partial charge in [-0.3, -0.25) is 9.78 Å². The molecule has 2 N–H and O–H groups in total. The molecule has 1 aliphatic heterocycles. The molecule has 8 nitrogen and oxygen atoms in total. The molecule has 8 heteroatoms. The number of ketones is 1. The van der Waals surface area contributed by atoms with E-state index in [1.165, 1.54) is 0 Å². The Morgan fingerprint density at radius 2 is 1.78 bits per heavy atom. The predicted molar refractivity (Wildman–Crippen MR) is 142 cm³/mol. The first-order valence-electron chi connectivity index (χ1n) is 11.6. The average Bonchev–Trinajstić information content (AvgIpc) is 3.41. The average molecular weight is 488 g/mol. The maximum atomic E-state index is 13.3. The quantitative estimate of drug-likeness (QED) is 0.308. The van der Waals surface area contributed by atoms with Gasteiger partial charge < -0.3 is 19.9 Å². The Balaban J connectivity index is 1.30. The molecule has 0 atom stereocenters. The van der Waals surface area contributed by atoms with Crippen LogP contribution in [0.1, 0.15) is 15.9 Å². The van der Waals surface area contributed by atoms with Gasteiger partial charge in [0.05, 0.1) is 17.4 Å². The number of rotatable bonds is 4. The molecule has 2 amide bonds. The molecule has 0 bridgehead atoms. The van der Waals surface area contributed by atoms with Crippen LogP contribution in [0.2, 0.25) is 0 Å². The van der Waals surface area contributed by atoms with Gasteiger partial charge in [0.1, 0.15) is 11.4 Å². The van der Waals surface area contributed by atoms with E-state index < -0.39 is 6.03 Å². The van der Waals surface area contributed by atoms with Crippen molar-refractivity contribution in [1.82, 2.24) is 14.5 Å². The number of urea groups is 1. The minimum Gasteiger partial charge on any atom is -0.452 e. The number of pyridine rings is 2. The third-order valence-corrected chi connectivity index (χ3v) is 6.10. The van der Waals surface area contributed by atoms with Crippen LogP contribution in [-0.2, 0) is 7.05 Å². The number of hydrogen-bond acceptors (Lipinski definition) is 5. The van der Waals surface area contributed by atoms with Gasteiger partial charge >= 0.3 is 6.03 Å². The number of benzene rings is 2. The molecule has 0 aliphatic carbocycles. The molecular formula is C29H21N5O3. The van der Waals surface area contributed by atoms with E-state index in [0.717, 1.165) is 27.7 Å². The number of nitrogens with one attached hydrogen (secondary N) is 2. The number of nitrogens with zero attached hydrogens (tertiary/aromatic N) is 3. The molecule has 180 valence electrons. The summed E-state index contributed by atoms with van der Waals surface area (Å²) < 4.78 is 7.86. The highest BCUT2D eigenvalue weighted by atomic mass is 16.5. The minimum atomic E-state index is -0.438. The summed E-state index contributed by atoms with van der Waals surface area (Å²) in [6, 6.07) is 20.0. The zero-order valence-corrected chi connectivity index (χ0v) is 19.8. The Morgan fingerprint density at radius 3 is 2.59 bits per heavy atom. The highest BCUT2D eigenvalue weighted by molar-refractivity contribution is 6.16. The molecule has 0 saturated carbocycles. The second-order valence-corrected chi connectivity index (χ2v) is 8.59. The number of ether oxygens (including phenoxy) is 1. The summed E-state index contributed by atoms with van der Waals surface area (Å²) in [6.07, 6.45) is 8.64. The Kier molecular flexibility index (Phi) is 5.46. The molecule has 0 unspecified atom stereocenters. The van der Waals surface area contributed by atoms with E-state index in [9.17, 15) is 9.59 Å². The lowest BCUT2D eigenvalue weighted by Crippen LogP contribution is -2.19. The van der Waals surface area contributed by atoms with Crippen molar-refractivity contribution in [2.75, 3.05) is 10.6 Å². The zero-order valence-electron chi connectivity index (χ0n) is 19.8. The lowest BCUT2D eigenvalue weighted by Gasteiger charge is -2.07. The second-order valence-electron chi connectivity index (χ2n) is 8.59. The number of Topliss-reactive ketones (excluding diaryl/α,β-unsaturated/α-hetero) is 1. The maximum absolute atomic E-state index is 13.3. The van der Waals surface area contributed by atoms with Crippen molar-refractivity contribution in [3.8, 4) is 16.9 Å². The molecule has 5 aromatic rings. The van der Waals surface area contributed by atoms with Crippen molar-refractivity contribution in [3.63, 3.8) is 0 Å². The molecule has 37 heavy (non-hydrogen) atoms. The number of fused-ring (bicyclic) bond motifs is 2. The smallest absolute Gasteiger partial charge is 0.323 e. The Hall–Kier alpha value is -5.24. The first kappa shape index (κ1) is 22.2. The summed E-state index contributed by atoms with van der Waals surface area (Å²) in [7, 11) is 1.92. The fourth-order valence-corrected chi connectivity index (χ4v) is 4.44. The van der Waals surface area contributed by atoms with Crippen LogP contribution in [0, 0.1) is 0 Å². The highest BCUT2D eigenvalue weighted by Crippen LogP contribution is 2.36. The first-order valence-corrected chi connectivity index (χ1v) is 11.6. The van der Waals surface area contributed by atoms with Crippen LogP contribution in [0.5, 0.6) is 5.75 Å². The number of aromatic nitrogens is 3. The molecule has 2 aromatic carbocycles. The topological polar surface area (TPSA) is 98.1 Å². The van der Waals surface area contributed by atoms with Gasteiger partial charge in [-0.15, -0.1) is 0 Å². The number of amides is 2. The lowest BCUT2D eigenvalue weighted by molar-refractivity contribution is 0.101. The predicted octanol–water partition coefficient (Wildman–Crippen LogP) is 5.90. The summed E-state index contributed by atoms with van der Waals surface area (Å²) in [5.41, 5.74) is 5.13. The van der Waals surface area contributed by atoms with Crippen LogP contribution in [0.4, 0.5) is 16.2 Å². The summed E-state index contributed by atoms with van der Waals surface area (Å²) in [4.78, 5) is 34.2. The van der Waals surface area contributed by atoms with Gasteiger partial charge in [0.25, 0.3) is 0 Å². The number of aryl methyl sites for hydroxylation is 1. The van der Waals surface area contributed by atoms with E-state index in [1.807, 2.05) is 54.2 Å². The molecule has 3 aromatic heterocycles. The van der Waals surface area contributed by atoms with Crippen LogP contribution in [-0.4, -0.2) is 26.3 Å². The number of carbonyl (C=O) groups is 2. The van der Waals surface area contributed by atoms with Crippen molar-refractivity contribution in [2.24, 2.45) is 7.05 Å². The maximum Gasteiger partial charge on any atom is 0.323 e. The summed E-state index contributed by atoms with van der Waals surface area (Å²) in [5.74, 6) is 0.395. The molecule has 0 fully saturated rings. The number of anilines is 2. The van der Waals surface area contributed by atoms with Crippen LogP contribution in [0.15, 0.2) is 97.3 Å². The lowest BCUT2D eigenvalue weighted by atomic mass is 10.0. The second kappa shape index (κ2) is 9.09. The fraction of sp³-hybridized carbons (Fsp3) is 0.0345. The zero-order chi connectivity index (χ0) is 25.4. The van der Waals surface area contributed by atoms with Crippen molar-refractivity contribution in [3.05, 3.63) is 108 Å². The minimum absolute atomic E-state index is 0.210. The fourth-order valence-electron chi connectivity index (χ4n) is 4.44. The van der Waals surface area contributed by atoms with E-state index in [2.05, 4.69) is 20.6 Å². The Labute approximate surface area is 212 Å². The van der Waals surface area contributed by atoms with Gasteiger partial charge in [-0.2, -0.15) is 0 Å². The molecule has 0 saturated heterocycles. The normalized spacial score (nSPS) is 13.4. The van der Waals surface area contributed by atoms with Crippen LogP contribution < -0.4 is 15.4 Å². The van der Waals surface area contributed by atoms with Gasteiger partial charge in [-0.1, -0.05) is 30.3 Å². The van der Waals surface area contributed by atoms with Crippen molar-refractivity contribution in [2.45, 2.75) is 0 Å². The highest BCUT2D eigenvalue weighted by Gasteiger charge is 2.28. The third-order valence-electron chi connectivity index (χ3n) is 6.10. The van der Waals surface area contributed by atoms with Gasteiger partial charge in [0.15, 0.2) is 5.76 Å². The van der Waals surface area contributed by atoms with Crippen molar-refractivity contribution in [1.29, 1.82) is 0 Å². The molecule has 0 spiro atoms. The Morgan fingerprint density at radius 1 is 0.946 bits per heavy atom. The van der Waals surface area contributed by atoms with Crippen molar-refractivity contribution < 1.29 is 14.3 Å². The molecule has 4 heterocycles. The van der Waals surface area contributed by atoms with E-state index in [4.69, 9.17) is 4.74 Å². The van der Waals surface area contributed by atoms with Gasteiger partial charge in [0, 0.05) is 42.3 Å². The van der Waals surface area contributed by atoms with Gasteiger partial charge in [-0.25, -0.2) is 9.78 Å².